The van der Waals surface area contributed by atoms with Crippen molar-refractivity contribution in [1.82, 2.24) is 9.88 Å². The van der Waals surface area contributed by atoms with E-state index in [0.29, 0.717) is 36.6 Å². The highest BCUT2D eigenvalue weighted by molar-refractivity contribution is 7.91. The SMILES string of the molecule is COCCN(C(=O)c1sc(Cc2ccccc2)nc1C)C1CCS(=O)(=O)C1. The number of thiazole rings is 1. The van der Waals surface area contributed by atoms with Gasteiger partial charge in [0.1, 0.15) is 4.88 Å². The van der Waals surface area contributed by atoms with Gasteiger partial charge < -0.3 is 9.64 Å². The maximum absolute atomic E-state index is 13.2. The molecule has 27 heavy (non-hydrogen) atoms. The molecule has 6 nitrogen and oxygen atoms in total. The second kappa shape index (κ2) is 8.50. The molecule has 146 valence electrons. The van der Waals surface area contributed by atoms with E-state index in [1.165, 1.54) is 11.3 Å². The van der Waals surface area contributed by atoms with E-state index in [1.807, 2.05) is 37.3 Å². The number of sulfone groups is 1. The summed E-state index contributed by atoms with van der Waals surface area (Å²) in [5.41, 5.74) is 1.84. The summed E-state index contributed by atoms with van der Waals surface area (Å²) in [6.07, 6.45) is 1.15. The molecule has 2 heterocycles. The Morgan fingerprint density at radius 1 is 1.33 bits per heavy atom. The monoisotopic (exact) mass is 408 g/mol. The zero-order valence-corrected chi connectivity index (χ0v) is 17.2. The Balaban J connectivity index is 1.81. The summed E-state index contributed by atoms with van der Waals surface area (Å²) < 4.78 is 28.9. The highest BCUT2D eigenvalue weighted by Gasteiger charge is 2.35. The highest BCUT2D eigenvalue weighted by Crippen LogP contribution is 2.26. The number of benzene rings is 1. The molecule has 0 radical (unpaired) electrons. The van der Waals surface area contributed by atoms with Gasteiger partial charge in [-0.2, -0.15) is 0 Å². The molecule has 2 aromatic rings. The fourth-order valence-corrected chi connectivity index (χ4v) is 6.07. The van der Waals surface area contributed by atoms with E-state index in [-0.39, 0.29) is 23.5 Å². The van der Waals surface area contributed by atoms with Crippen molar-refractivity contribution in [2.45, 2.75) is 25.8 Å². The molecular formula is C19H24N2O4S2. The normalized spacial score (nSPS) is 18.5. The van der Waals surface area contributed by atoms with Gasteiger partial charge in [0.05, 0.1) is 28.8 Å². The van der Waals surface area contributed by atoms with Crippen molar-refractivity contribution in [3.63, 3.8) is 0 Å². The van der Waals surface area contributed by atoms with Crippen molar-refractivity contribution >= 4 is 27.1 Å². The molecule has 1 aromatic heterocycles. The van der Waals surface area contributed by atoms with E-state index in [4.69, 9.17) is 4.74 Å². The first kappa shape index (κ1) is 20.0. The quantitative estimate of drug-likeness (QED) is 0.703. The van der Waals surface area contributed by atoms with Crippen LogP contribution in [0.4, 0.5) is 0 Å². The lowest BCUT2D eigenvalue weighted by atomic mass is 10.2. The molecule has 1 aliphatic heterocycles. The van der Waals surface area contributed by atoms with E-state index >= 15 is 0 Å². The number of carbonyl (C=O) groups excluding carboxylic acids is 1. The van der Waals surface area contributed by atoms with E-state index in [1.54, 1.807) is 12.0 Å². The number of hydrogen-bond acceptors (Lipinski definition) is 6. The molecule has 0 saturated carbocycles. The van der Waals surface area contributed by atoms with Gasteiger partial charge in [-0.15, -0.1) is 11.3 Å². The Morgan fingerprint density at radius 3 is 2.70 bits per heavy atom. The van der Waals surface area contributed by atoms with Crippen LogP contribution in [0.5, 0.6) is 0 Å². The number of carbonyl (C=O) groups is 1. The number of hydrogen-bond donors (Lipinski definition) is 0. The average molecular weight is 409 g/mol. The Labute approximate surface area is 164 Å². The zero-order chi connectivity index (χ0) is 19.4. The summed E-state index contributed by atoms with van der Waals surface area (Å²) >= 11 is 1.39. The second-order valence-electron chi connectivity index (χ2n) is 6.73. The second-order valence-corrected chi connectivity index (χ2v) is 10.0. The fraction of sp³-hybridized carbons (Fsp3) is 0.474. The van der Waals surface area contributed by atoms with Gasteiger partial charge in [0, 0.05) is 26.1 Å². The number of aromatic nitrogens is 1. The van der Waals surface area contributed by atoms with E-state index in [2.05, 4.69) is 4.98 Å². The summed E-state index contributed by atoms with van der Waals surface area (Å²) in [5.74, 6) is 0.00969. The largest absolute Gasteiger partial charge is 0.383 e. The molecule has 0 aliphatic carbocycles. The van der Waals surface area contributed by atoms with Crippen LogP contribution in [0.2, 0.25) is 0 Å². The van der Waals surface area contributed by atoms with Crippen molar-refractivity contribution in [3.05, 3.63) is 51.5 Å². The molecule has 1 fully saturated rings. The van der Waals surface area contributed by atoms with Crippen LogP contribution in [0.15, 0.2) is 30.3 Å². The lowest BCUT2D eigenvalue weighted by Crippen LogP contribution is -2.43. The topological polar surface area (TPSA) is 76.6 Å². The standard InChI is InChI=1S/C19H24N2O4S2/c1-14-18(26-17(20-14)12-15-6-4-3-5-7-15)19(22)21(9-10-25-2)16-8-11-27(23,24)13-16/h3-7,16H,8-13H2,1-2H3. The molecule has 0 N–H and O–H groups in total. The minimum atomic E-state index is -3.07. The molecule has 1 atom stereocenters. The van der Waals surface area contributed by atoms with Crippen molar-refractivity contribution in [2.75, 3.05) is 31.8 Å². The molecule has 1 unspecified atom stereocenters. The Kier molecular flexibility index (Phi) is 6.29. The summed E-state index contributed by atoms with van der Waals surface area (Å²) in [6.45, 7) is 2.58. The van der Waals surface area contributed by atoms with E-state index < -0.39 is 9.84 Å². The Morgan fingerprint density at radius 2 is 2.07 bits per heavy atom. The van der Waals surface area contributed by atoms with Gasteiger partial charge >= 0.3 is 0 Å². The average Bonchev–Trinajstić information content (AvgIpc) is 3.18. The number of amides is 1. The van der Waals surface area contributed by atoms with E-state index in [9.17, 15) is 13.2 Å². The molecule has 1 aliphatic rings. The predicted molar refractivity (Wildman–Crippen MR) is 106 cm³/mol. The number of aryl methyl sites for hydroxylation is 1. The van der Waals surface area contributed by atoms with Gasteiger partial charge in [0.15, 0.2) is 9.84 Å². The van der Waals surface area contributed by atoms with Gasteiger partial charge in [-0.3, -0.25) is 4.79 Å². The first-order chi connectivity index (χ1) is 12.9. The summed E-state index contributed by atoms with van der Waals surface area (Å²) in [7, 11) is -1.50. The third-order valence-corrected chi connectivity index (χ3v) is 7.58. The number of ether oxygens (including phenoxy) is 1. The van der Waals surface area contributed by atoms with E-state index in [0.717, 1.165) is 10.6 Å². The summed E-state index contributed by atoms with van der Waals surface area (Å²) in [6, 6.07) is 9.70. The first-order valence-electron chi connectivity index (χ1n) is 8.90. The van der Waals surface area contributed by atoms with Crippen LogP contribution in [-0.4, -0.2) is 62.0 Å². The van der Waals surface area contributed by atoms with Crippen molar-refractivity contribution in [1.29, 1.82) is 0 Å². The number of rotatable bonds is 7. The third-order valence-electron chi connectivity index (χ3n) is 4.68. The first-order valence-corrected chi connectivity index (χ1v) is 11.5. The lowest BCUT2D eigenvalue weighted by molar-refractivity contribution is 0.0628. The van der Waals surface area contributed by atoms with Crippen LogP contribution in [0.1, 0.15) is 32.4 Å². The summed E-state index contributed by atoms with van der Waals surface area (Å²) in [5, 5.41) is 0.882. The lowest BCUT2D eigenvalue weighted by Gasteiger charge is -2.27. The van der Waals surface area contributed by atoms with Gasteiger partial charge in [-0.1, -0.05) is 30.3 Å². The number of methoxy groups -OCH3 is 1. The van der Waals surface area contributed by atoms with Crippen LogP contribution in [0.25, 0.3) is 0 Å². The third kappa shape index (κ3) is 4.94. The summed E-state index contributed by atoms with van der Waals surface area (Å²) in [4.78, 5) is 20.0. The smallest absolute Gasteiger partial charge is 0.266 e. The molecular weight excluding hydrogens is 384 g/mol. The van der Waals surface area contributed by atoms with Gasteiger partial charge in [-0.25, -0.2) is 13.4 Å². The van der Waals surface area contributed by atoms with Crippen molar-refractivity contribution < 1.29 is 17.9 Å². The molecule has 1 aromatic carbocycles. The van der Waals surface area contributed by atoms with Crippen LogP contribution in [0, 0.1) is 6.92 Å². The molecule has 1 amide bonds. The van der Waals surface area contributed by atoms with Gasteiger partial charge in [-0.05, 0) is 18.9 Å². The zero-order valence-electron chi connectivity index (χ0n) is 15.6. The Hall–Kier alpha value is -1.77. The molecule has 0 spiro atoms. The van der Waals surface area contributed by atoms with Crippen molar-refractivity contribution in [3.8, 4) is 0 Å². The number of nitrogens with zero attached hydrogens (tertiary/aromatic N) is 2. The fourth-order valence-electron chi connectivity index (χ4n) is 3.29. The molecule has 8 heteroatoms. The minimum absolute atomic E-state index is 0.0250. The Bertz CT molecular complexity index is 894. The minimum Gasteiger partial charge on any atom is -0.383 e. The molecule has 0 bridgehead atoms. The maximum Gasteiger partial charge on any atom is 0.266 e. The van der Waals surface area contributed by atoms with Crippen LogP contribution < -0.4 is 0 Å². The molecule has 3 rings (SSSR count). The van der Waals surface area contributed by atoms with Crippen molar-refractivity contribution in [2.24, 2.45) is 0 Å². The molecule has 1 saturated heterocycles. The predicted octanol–water partition coefficient (Wildman–Crippen LogP) is 2.32. The highest BCUT2D eigenvalue weighted by atomic mass is 32.2. The van der Waals surface area contributed by atoms with Crippen LogP contribution >= 0.6 is 11.3 Å². The maximum atomic E-state index is 13.2. The van der Waals surface area contributed by atoms with Crippen LogP contribution in [-0.2, 0) is 21.0 Å². The van der Waals surface area contributed by atoms with Gasteiger partial charge in [0.2, 0.25) is 0 Å². The van der Waals surface area contributed by atoms with Gasteiger partial charge in [0.25, 0.3) is 5.91 Å². The van der Waals surface area contributed by atoms with Crippen LogP contribution in [0.3, 0.4) is 0 Å².